The largest absolute Gasteiger partial charge is 0.476 e. The smallest absolute Gasteiger partial charge is 0.356 e. The van der Waals surface area contributed by atoms with Crippen LogP contribution in [-0.4, -0.2) is 26.5 Å². The summed E-state index contributed by atoms with van der Waals surface area (Å²) in [4.78, 5) is 15.3. The van der Waals surface area contributed by atoms with Gasteiger partial charge in [0.2, 0.25) is 0 Å². The summed E-state index contributed by atoms with van der Waals surface area (Å²) in [6.45, 7) is 4.76. The van der Waals surface area contributed by atoms with Gasteiger partial charge in [0, 0.05) is 12.2 Å². The van der Waals surface area contributed by atoms with Gasteiger partial charge in [-0.3, -0.25) is 0 Å². The molecule has 5 nitrogen and oxygen atoms in total. The van der Waals surface area contributed by atoms with E-state index in [1.54, 1.807) is 6.07 Å². The van der Waals surface area contributed by atoms with Gasteiger partial charge in [-0.25, -0.2) is 9.78 Å². The molecule has 0 spiro atoms. The molecule has 2 N–H and O–H groups in total. The minimum absolute atomic E-state index is 0.108. The highest BCUT2D eigenvalue weighted by Crippen LogP contribution is 2.13. The van der Waals surface area contributed by atoms with Crippen molar-refractivity contribution in [1.82, 2.24) is 14.7 Å². The van der Waals surface area contributed by atoms with E-state index in [9.17, 15) is 4.79 Å². The number of aromatic carboxylic acids is 1. The third kappa shape index (κ3) is 2.36. The molecule has 2 aromatic heterocycles. The highest BCUT2D eigenvalue weighted by atomic mass is 16.4. The molecule has 0 aliphatic heterocycles. The topological polar surface area (TPSA) is 66.6 Å². The van der Waals surface area contributed by atoms with Crippen LogP contribution in [-0.2, 0) is 6.54 Å². The summed E-state index contributed by atoms with van der Waals surface area (Å²) >= 11 is 0. The lowest BCUT2D eigenvalue weighted by molar-refractivity contribution is 0.0693. The van der Waals surface area contributed by atoms with Gasteiger partial charge in [0.25, 0.3) is 0 Å². The second kappa shape index (κ2) is 5.18. The number of pyridine rings is 1. The fraction of sp³-hybridized carbons (Fsp3) is 0.385. The second-order valence-corrected chi connectivity index (χ2v) is 4.33. The number of aromatic nitrogens is 2. The van der Waals surface area contributed by atoms with Crippen LogP contribution in [0.25, 0.3) is 5.52 Å². The maximum Gasteiger partial charge on any atom is 0.356 e. The number of imidazole rings is 1. The molecular formula is C13H17N3O2. The van der Waals surface area contributed by atoms with Crippen LogP contribution < -0.4 is 5.32 Å². The zero-order chi connectivity index (χ0) is 13.1. The summed E-state index contributed by atoms with van der Waals surface area (Å²) in [7, 11) is 0. The number of fused-ring (bicyclic) bond motifs is 1. The Kier molecular flexibility index (Phi) is 3.62. The van der Waals surface area contributed by atoms with Crippen molar-refractivity contribution in [2.75, 3.05) is 0 Å². The second-order valence-electron chi connectivity index (χ2n) is 4.33. The van der Waals surface area contributed by atoms with Crippen LogP contribution in [0.1, 0.15) is 36.6 Å². The molecule has 0 aromatic carbocycles. The van der Waals surface area contributed by atoms with Crippen LogP contribution in [0.5, 0.6) is 0 Å². The van der Waals surface area contributed by atoms with Gasteiger partial charge < -0.3 is 14.8 Å². The summed E-state index contributed by atoms with van der Waals surface area (Å²) in [5.41, 5.74) is 0.738. The Balaban J connectivity index is 2.36. The first-order valence-electron chi connectivity index (χ1n) is 6.06. The highest BCUT2D eigenvalue weighted by molar-refractivity contribution is 5.93. The average molecular weight is 247 g/mol. The third-order valence-corrected chi connectivity index (χ3v) is 3.05. The van der Waals surface area contributed by atoms with Gasteiger partial charge in [-0.1, -0.05) is 13.0 Å². The zero-order valence-corrected chi connectivity index (χ0v) is 10.6. The zero-order valence-electron chi connectivity index (χ0n) is 10.6. The normalized spacial score (nSPS) is 12.8. The molecule has 0 fully saturated rings. The average Bonchev–Trinajstić information content (AvgIpc) is 2.75. The first-order chi connectivity index (χ1) is 8.63. The molecule has 2 heterocycles. The van der Waals surface area contributed by atoms with Crippen molar-refractivity contribution in [2.24, 2.45) is 0 Å². The molecule has 96 valence electrons. The summed E-state index contributed by atoms with van der Waals surface area (Å²) in [6.07, 6.45) is 2.86. The van der Waals surface area contributed by atoms with E-state index in [2.05, 4.69) is 24.1 Å². The summed E-state index contributed by atoms with van der Waals surface area (Å²) < 4.78 is 1.82. The molecule has 0 saturated carbocycles. The standard InChI is InChI=1S/C13H17N3O2/c1-3-9(2)14-8-11-15-12(13(17)18)10-6-4-5-7-16(10)11/h4-7,9,14H,3,8H2,1-2H3,(H,17,18). The summed E-state index contributed by atoms with van der Waals surface area (Å²) in [6, 6.07) is 5.83. The lowest BCUT2D eigenvalue weighted by Gasteiger charge is -2.10. The van der Waals surface area contributed by atoms with Crippen molar-refractivity contribution in [3.05, 3.63) is 35.9 Å². The summed E-state index contributed by atoms with van der Waals surface area (Å²) in [5.74, 6) is -0.267. The van der Waals surface area contributed by atoms with E-state index < -0.39 is 5.97 Å². The predicted molar refractivity (Wildman–Crippen MR) is 68.7 cm³/mol. The Labute approximate surface area is 105 Å². The molecule has 0 aliphatic rings. The van der Waals surface area contributed by atoms with E-state index in [4.69, 9.17) is 5.11 Å². The van der Waals surface area contributed by atoms with E-state index in [-0.39, 0.29) is 5.69 Å². The van der Waals surface area contributed by atoms with Crippen LogP contribution >= 0.6 is 0 Å². The van der Waals surface area contributed by atoms with Crippen molar-refractivity contribution in [1.29, 1.82) is 0 Å². The molecule has 1 unspecified atom stereocenters. The lowest BCUT2D eigenvalue weighted by atomic mass is 10.2. The molecule has 0 bridgehead atoms. The fourth-order valence-corrected chi connectivity index (χ4v) is 1.79. The number of hydrogen-bond donors (Lipinski definition) is 2. The Morgan fingerprint density at radius 2 is 2.33 bits per heavy atom. The monoisotopic (exact) mass is 247 g/mol. The van der Waals surface area contributed by atoms with Crippen molar-refractivity contribution in [2.45, 2.75) is 32.9 Å². The van der Waals surface area contributed by atoms with Gasteiger partial charge in [-0.15, -0.1) is 0 Å². The minimum Gasteiger partial charge on any atom is -0.476 e. The van der Waals surface area contributed by atoms with E-state index in [1.807, 2.05) is 22.7 Å². The number of nitrogens with zero attached hydrogens (tertiary/aromatic N) is 2. The number of hydrogen-bond acceptors (Lipinski definition) is 3. The number of rotatable bonds is 5. The fourth-order valence-electron chi connectivity index (χ4n) is 1.79. The van der Waals surface area contributed by atoms with Crippen LogP contribution in [0, 0.1) is 0 Å². The molecular weight excluding hydrogens is 230 g/mol. The van der Waals surface area contributed by atoms with Crippen molar-refractivity contribution in [3.63, 3.8) is 0 Å². The first kappa shape index (κ1) is 12.6. The van der Waals surface area contributed by atoms with Crippen molar-refractivity contribution >= 4 is 11.5 Å². The van der Waals surface area contributed by atoms with E-state index in [0.717, 1.165) is 12.2 Å². The van der Waals surface area contributed by atoms with Crippen LogP contribution in [0.3, 0.4) is 0 Å². The van der Waals surface area contributed by atoms with Gasteiger partial charge in [0.1, 0.15) is 5.82 Å². The Bertz CT molecular complexity index is 562. The lowest BCUT2D eigenvalue weighted by Crippen LogP contribution is -2.25. The molecule has 18 heavy (non-hydrogen) atoms. The van der Waals surface area contributed by atoms with Gasteiger partial charge in [0.15, 0.2) is 5.69 Å². The van der Waals surface area contributed by atoms with Gasteiger partial charge in [0.05, 0.1) is 12.1 Å². The Morgan fingerprint density at radius 1 is 1.56 bits per heavy atom. The number of carboxylic acid groups (broad SMARTS) is 1. The molecule has 0 radical (unpaired) electrons. The predicted octanol–water partition coefficient (Wildman–Crippen LogP) is 1.92. The van der Waals surface area contributed by atoms with E-state index in [1.165, 1.54) is 0 Å². The van der Waals surface area contributed by atoms with Crippen LogP contribution in [0.4, 0.5) is 0 Å². The van der Waals surface area contributed by atoms with E-state index in [0.29, 0.717) is 18.1 Å². The number of carboxylic acids is 1. The maximum absolute atomic E-state index is 11.1. The SMILES string of the molecule is CCC(C)NCc1nc(C(=O)O)c2ccccn12. The molecule has 2 aromatic rings. The van der Waals surface area contributed by atoms with Crippen molar-refractivity contribution in [3.8, 4) is 0 Å². The molecule has 1 atom stereocenters. The summed E-state index contributed by atoms with van der Waals surface area (Å²) in [5, 5.41) is 12.4. The molecule has 0 aliphatic carbocycles. The first-order valence-corrected chi connectivity index (χ1v) is 6.06. The van der Waals surface area contributed by atoms with Crippen LogP contribution in [0.2, 0.25) is 0 Å². The maximum atomic E-state index is 11.1. The minimum atomic E-state index is -0.992. The van der Waals surface area contributed by atoms with Crippen molar-refractivity contribution < 1.29 is 9.90 Å². The molecule has 0 saturated heterocycles. The van der Waals surface area contributed by atoms with Crippen LogP contribution in [0.15, 0.2) is 24.4 Å². The molecule has 5 heteroatoms. The van der Waals surface area contributed by atoms with Gasteiger partial charge in [-0.2, -0.15) is 0 Å². The molecule has 2 rings (SSSR count). The Hall–Kier alpha value is -1.88. The third-order valence-electron chi connectivity index (χ3n) is 3.05. The van der Waals surface area contributed by atoms with E-state index >= 15 is 0 Å². The highest BCUT2D eigenvalue weighted by Gasteiger charge is 2.15. The number of carbonyl (C=O) groups is 1. The molecule has 0 amide bonds. The Morgan fingerprint density at radius 3 is 3.00 bits per heavy atom. The van der Waals surface area contributed by atoms with Gasteiger partial charge >= 0.3 is 5.97 Å². The quantitative estimate of drug-likeness (QED) is 0.847. The van der Waals surface area contributed by atoms with Gasteiger partial charge in [-0.05, 0) is 25.5 Å². The number of nitrogens with one attached hydrogen (secondary N) is 1.